The normalized spacial score (nSPS) is 20.6. The molecule has 2 amide bonds. The molecule has 0 radical (unpaired) electrons. The highest BCUT2D eigenvalue weighted by molar-refractivity contribution is 7.92. The van der Waals surface area contributed by atoms with Gasteiger partial charge in [0.15, 0.2) is 9.84 Å². The Morgan fingerprint density at radius 1 is 1.37 bits per heavy atom. The van der Waals surface area contributed by atoms with E-state index < -0.39 is 27.4 Å². The molecule has 1 atom stereocenters. The summed E-state index contributed by atoms with van der Waals surface area (Å²) < 4.78 is 23.5. The molecule has 1 heterocycles. The maximum Gasteiger partial charge on any atom is 0.237 e. The fourth-order valence-corrected chi connectivity index (χ4v) is 3.97. The number of carbonyl (C=O) groups is 2. The molecule has 1 fully saturated rings. The summed E-state index contributed by atoms with van der Waals surface area (Å²) >= 11 is 0. The number of amides is 2. The smallest absolute Gasteiger partial charge is 0.237 e. The molecular weight excluding hydrogens is 268 g/mol. The number of nitrogens with two attached hydrogens (primary N) is 1. The van der Waals surface area contributed by atoms with Crippen LogP contribution in [0.4, 0.5) is 0 Å². The SMILES string of the molecule is CC(C)CS(=O)(=O)CC(=O)N1CCC[C@H](C(N)=O)C1. The number of hydrogen-bond donors (Lipinski definition) is 1. The van der Waals surface area contributed by atoms with Crippen LogP contribution in [0.25, 0.3) is 0 Å². The molecule has 7 heteroatoms. The summed E-state index contributed by atoms with van der Waals surface area (Å²) in [4.78, 5) is 24.5. The van der Waals surface area contributed by atoms with Crippen LogP contribution < -0.4 is 5.73 Å². The molecule has 19 heavy (non-hydrogen) atoms. The van der Waals surface area contributed by atoms with Gasteiger partial charge in [-0.15, -0.1) is 0 Å². The summed E-state index contributed by atoms with van der Waals surface area (Å²) in [7, 11) is -3.37. The second kappa shape index (κ2) is 6.36. The van der Waals surface area contributed by atoms with E-state index in [9.17, 15) is 18.0 Å². The minimum Gasteiger partial charge on any atom is -0.369 e. The van der Waals surface area contributed by atoms with Gasteiger partial charge in [0.25, 0.3) is 0 Å². The molecule has 1 saturated heterocycles. The Hall–Kier alpha value is -1.11. The van der Waals surface area contributed by atoms with Crippen LogP contribution in [0.2, 0.25) is 0 Å². The molecule has 0 aliphatic carbocycles. The Morgan fingerprint density at radius 3 is 2.53 bits per heavy atom. The van der Waals surface area contributed by atoms with Crippen LogP contribution >= 0.6 is 0 Å². The maximum absolute atomic E-state index is 12.0. The van der Waals surface area contributed by atoms with Gasteiger partial charge in [-0.25, -0.2) is 8.42 Å². The summed E-state index contributed by atoms with van der Waals surface area (Å²) in [5.41, 5.74) is 5.23. The number of nitrogens with zero attached hydrogens (tertiary/aromatic N) is 1. The zero-order valence-corrected chi connectivity index (χ0v) is 12.3. The van der Waals surface area contributed by atoms with E-state index in [0.717, 1.165) is 0 Å². The van der Waals surface area contributed by atoms with Gasteiger partial charge in [-0.05, 0) is 18.8 Å². The van der Waals surface area contributed by atoms with Crippen molar-refractivity contribution in [2.24, 2.45) is 17.6 Å². The zero-order valence-electron chi connectivity index (χ0n) is 11.5. The number of likely N-dealkylation sites (tertiary alicyclic amines) is 1. The van der Waals surface area contributed by atoms with Gasteiger partial charge in [-0.3, -0.25) is 9.59 Å². The highest BCUT2D eigenvalue weighted by atomic mass is 32.2. The predicted octanol–water partition coefficient (Wildman–Crippen LogP) is -0.219. The largest absolute Gasteiger partial charge is 0.369 e. The van der Waals surface area contributed by atoms with Crippen LogP contribution in [-0.2, 0) is 19.4 Å². The molecule has 0 aromatic heterocycles. The number of rotatable bonds is 5. The lowest BCUT2D eigenvalue weighted by molar-refractivity contribution is -0.132. The molecular formula is C12H22N2O4S. The average molecular weight is 290 g/mol. The lowest BCUT2D eigenvalue weighted by Gasteiger charge is -2.31. The lowest BCUT2D eigenvalue weighted by atomic mass is 9.97. The van der Waals surface area contributed by atoms with Gasteiger partial charge in [0.1, 0.15) is 5.75 Å². The molecule has 0 unspecified atom stereocenters. The molecule has 0 aromatic rings. The highest BCUT2D eigenvalue weighted by Gasteiger charge is 2.29. The van der Waals surface area contributed by atoms with Crippen molar-refractivity contribution in [3.05, 3.63) is 0 Å². The molecule has 110 valence electrons. The standard InChI is InChI=1S/C12H22N2O4S/c1-9(2)7-19(17,18)8-11(15)14-5-3-4-10(6-14)12(13)16/h9-10H,3-8H2,1-2H3,(H2,13,16)/t10-/m0/s1. The van der Waals surface area contributed by atoms with Gasteiger partial charge in [0.05, 0.1) is 11.7 Å². The Labute approximate surface area is 114 Å². The summed E-state index contributed by atoms with van der Waals surface area (Å²) in [6.45, 7) is 4.34. The molecule has 2 N–H and O–H groups in total. The molecule has 0 aromatic carbocycles. The Kier molecular flexibility index (Phi) is 5.34. The van der Waals surface area contributed by atoms with Crippen molar-refractivity contribution in [3.8, 4) is 0 Å². The van der Waals surface area contributed by atoms with Gasteiger partial charge in [-0.1, -0.05) is 13.8 Å². The van der Waals surface area contributed by atoms with Gasteiger partial charge >= 0.3 is 0 Å². The van der Waals surface area contributed by atoms with E-state index >= 15 is 0 Å². The van der Waals surface area contributed by atoms with Crippen LogP contribution in [-0.4, -0.2) is 49.7 Å². The van der Waals surface area contributed by atoms with Crippen LogP contribution in [0.15, 0.2) is 0 Å². The third-order valence-electron chi connectivity index (χ3n) is 3.11. The molecule has 0 bridgehead atoms. The third-order valence-corrected chi connectivity index (χ3v) is 4.97. The van der Waals surface area contributed by atoms with Crippen molar-refractivity contribution in [2.45, 2.75) is 26.7 Å². The Bertz CT molecular complexity index is 445. The monoisotopic (exact) mass is 290 g/mol. The lowest BCUT2D eigenvalue weighted by Crippen LogP contribution is -2.46. The first-order chi connectivity index (χ1) is 8.71. The van der Waals surface area contributed by atoms with E-state index in [2.05, 4.69) is 0 Å². The second-order valence-corrected chi connectivity index (χ2v) is 7.64. The first kappa shape index (κ1) is 15.9. The highest BCUT2D eigenvalue weighted by Crippen LogP contribution is 2.16. The van der Waals surface area contributed by atoms with Crippen molar-refractivity contribution < 1.29 is 18.0 Å². The van der Waals surface area contributed by atoms with E-state index in [1.165, 1.54) is 4.90 Å². The van der Waals surface area contributed by atoms with E-state index in [-0.39, 0.29) is 24.1 Å². The molecule has 1 aliphatic heterocycles. The van der Waals surface area contributed by atoms with Gasteiger partial charge in [-0.2, -0.15) is 0 Å². The van der Waals surface area contributed by atoms with Gasteiger partial charge in [0.2, 0.25) is 11.8 Å². The fraction of sp³-hybridized carbons (Fsp3) is 0.833. The molecule has 0 spiro atoms. The predicted molar refractivity (Wildman–Crippen MR) is 72.0 cm³/mol. The molecule has 1 aliphatic rings. The number of carbonyl (C=O) groups excluding carboxylic acids is 2. The number of primary amides is 1. The summed E-state index contributed by atoms with van der Waals surface area (Å²) in [6, 6.07) is 0. The first-order valence-electron chi connectivity index (χ1n) is 6.49. The van der Waals surface area contributed by atoms with E-state index in [1.807, 2.05) is 0 Å². The number of piperidine rings is 1. The zero-order chi connectivity index (χ0) is 14.6. The summed E-state index contributed by atoms with van der Waals surface area (Å²) in [6.07, 6.45) is 1.35. The minimum atomic E-state index is -3.37. The molecule has 6 nitrogen and oxygen atoms in total. The third kappa shape index (κ3) is 5.18. The first-order valence-corrected chi connectivity index (χ1v) is 8.31. The van der Waals surface area contributed by atoms with Crippen molar-refractivity contribution in [1.29, 1.82) is 0 Å². The quantitative estimate of drug-likeness (QED) is 0.757. The van der Waals surface area contributed by atoms with Gasteiger partial charge in [0, 0.05) is 13.1 Å². The van der Waals surface area contributed by atoms with Crippen LogP contribution in [0.1, 0.15) is 26.7 Å². The van der Waals surface area contributed by atoms with Crippen LogP contribution in [0.3, 0.4) is 0 Å². The molecule has 1 rings (SSSR count). The van der Waals surface area contributed by atoms with Crippen molar-refractivity contribution >= 4 is 21.7 Å². The van der Waals surface area contributed by atoms with E-state index in [1.54, 1.807) is 13.8 Å². The number of hydrogen-bond acceptors (Lipinski definition) is 4. The van der Waals surface area contributed by atoms with Crippen LogP contribution in [0, 0.1) is 11.8 Å². The summed E-state index contributed by atoms with van der Waals surface area (Å²) in [5.74, 6) is -1.68. The second-order valence-electron chi connectivity index (χ2n) is 5.53. The number of sulfone groups is 1. The topological polar surface area (TPSA) is 97.5 Å². The van der Waals surface area contributed by atoms with E-state index in [0.29, 0.717) is 19.4 Å². The molecule has 0 saturated carbocycles. The summed E-state index contributed by atoms with van der Waals surface area (Å²) in [5, 5.41) is 0. The average Bonchev–Trinajstić information content (AvgIpc) is 2.26. The van der Waals surface area contributed by atoms with Gasteiger partial charge < -0.3 is 10.6 Å². The maximum atomic E-state index is 12.0. The Morgan fingerprint density at radius 2 is 2.00 bits per heavy atom. The van der Waals surface area contributed by atoms with Crippen molar-refractivity contribution in [1.82, 2.24) is 4.90 Å². The fourth-order valence-electron chi connectivity index (χ4n) is 2.28. The van der Waals surface area contributed by atoms with Crippen molar-refractivity contribution in [3.63, 3.8) is 0 Å². The Balaban J connectivity index is 2.61. The van der Waals surface area contributed by atoms with Crippen molar-refractivity contribution in [2.75, 3.05) is 24.6 Å². The minimum absolute atomic E-state index is 0.00229. The van der Waals surface area contributed by atoms with E-state index in [4.69, 9.17) is 5.73 Å². The van der Waals surface area contributed by atoms with Crippen LogP contribution in [0.5, 0.6) is 0 Å².